The summed E-state index contributed by atoms with van der Waals surface area (Å²) in [6.07, 6.45) is 2.35. The molecule has 0 N–H and O–H groups in total. The van der Waals surface area contributed by atoms with Gasteiger partial charge in [0, 0.05) is 0 Å². The van der Waals surface area contributed by atoms with Crippen molar-refractivity contribution in [2.45, 2.75) is 38.4 Å². The second-order valence-electron chi connectivity index (χ2n) is 3.28. The van der Waals surface area contributed by atoms with Gasteiger partial charge in [0.25, 0.3) is 0 Å². The van der Waals surface area contributed by atoms with Gasteiger partial charge in [-0.15, -0.1) is 23.2 Å². The topological polar surface area (TPSA) is 0 Å². The first kappa shape index (κ1) is 10.6. The molecular formula is C8H16Cl2. The van der Waals surface area contributed by atoms with Gasteiger partial charge in [-0.3, -0.25) is 0 Å². The fraction of sp³-hybridized carbons (Fsp3) is 1.00. The molecule has 0 amide bonds. The average molecular weight is 183 g/mol. The quantitative estimate of drug-likeness (QED) is 0.580. The van der Waals surface area contributed by atoms with E-state index >= 15 is 0 Å². The molecule has 0 aromatic heterocycles. The lowest BCUT2D eigenvalue weighted by molar-refractivity contribution is 0.468. The van der Waals surface area contributed by atoms with Gasteiger partial charge in [-0.1, -0.05) is 27.2 Å². The second kappa shape index (κ2) is 5.26. The molecule has 0 aliphatic carbocycles. The van der Waals surface area contributed by atoms with Gasteiger partial charge in [0.2, 0.25) is 0 Å². The Bertz CT molecular complexity index is 79.3. The normalized spacial score (nSPS) is 14.7. The maximum atomic E-state index is 5.68. The van der Waals surface area contributed by atoms with Gasteiger partial charge in [-0.25, -0.2) is 0 Å². The number of alkyl halides is 2. The van der Waals surface area contributed by atoms with Gasteiger partial charge >= 0.3 is 0 Å². The molecule has 0 aromatic carbocycles. The number of hydrogen-bond donors (Lipinski definition) is 0. The Labute approximate surface area is 73.9 Å². The Kier molecular flexibility index (Phi) is 5.56. The van der Waals surface area contributed by atoms with Gasteiger partial charge in [0.1, 0.15) is 4.84 Å². The summed E-state index contributed by atoms with van der Waals surface area (Å²) in [7, 11) is 0. The molecule has 0 aromatic rings. The van der Waals surface area contributed by atoms with E-state index < -0.39 is 0 Å². The van der Waals surface area contributed by atoms with E-state index in [9.17, 15) is 0 Å². The third-order valence-corrected chi connectivity index (χ3v) is 2.49. The van der Waals surface area contributed by atoms with Gasteiger partial charge in [-0.2, -0.15) is 0 Å². The molecule has 62 valence electrons. The zero-order valence-electron chi connectivity index (χ0n) is 6.90. The van der Waals surface area contributed by atoms with Crippen molar-refractivity contribution in [1.29, 1.82) is 0 Å². The minimum absolute atomic E-state index is 0.196. The Morgan fingerprint density at radius 2 is 1.50 bits per heavy atom. The van der Waals surface area contributed by atoms with Gasteiger partial charge in [0.15, 0.2) is 0 Å². The molecule has 0 fully saturated rings. The van der Waals surface area contributed by atoms with Crippen LogP contribution in [0.2, 0.25) is 0 Å². The molecule has 0 rings (SSSR count). The fourth-order valence-corrected chi connectivity index (χ4v) is 0.974. The van der Waals surface area contributed by atoms with Crippen LogP contribution in [0, 0.1) is 11.8 Å². The van der Waals surface area contributed by atoms with E-state index in [1.807, 2.05) is 0 Å². The molecule has 0 aliphatic heterocycles. The van der Waals surface area contributed by atoms with E-state index in [4.69, 9.17) is 23.2 Å². The van der Waals surface area contributed by atoms with Crippen LogP contribution >= 0.6 is 23.2 Å². The average Bonchev–Trinajstić information content (AvgIpc) is 1.82. The summed E-state index contributed by atoms with van der Waals surface area (Å²) in [5, 5.41) is 0. The molecule has 0 spiro atoms. The van der Waals surface area contributed by atoms with E-state index in [1.165, 1.54) is 6.42 Å². The van der Waals surface area contributed by atoms with Crippen LogP contribution in [-0.2, 0) is 0 Å². The van der Waals surface area contributed by atoms with Crippen molar-refractivity contribution in [1.82, 2.24) is 0 Å². The third kappa shape index (κ3) is 5.37. The summed E-state index contributed by atoms with van der Waals surface area (Å²) >= 11 is 11.4. The highest BCUT2D eigenvalue weighted by atomic mass is 35.5. The smallest absolute Gasteiger partial charge is 0.105 e. The highest BCUT2D eigenvalue weighted by Crippen LogP contribution is 2.21. The van der Waals surface area contributed by atoms with Crippen LogP contribution in [0.5, 0.6) is 0 Å². The van der Waals surface area contributed by atoms with E-state index in [2.05, 4.69) is 20.8 Å². The molecule has 0 aliphatic rings. The van der Waals surface area contributed by atoms with Gasteiger partial charge in [0.05, 0.1) is 0 Å². The van der Waals surface area contributed by atoms with Crippen LogP contribution in [0.15, 0.2) is 0 Å². The van der Waals surface area contributed by atoms with Gasteiger partial charge in [-0.05, 0) is 18.3 Å². The number of hydrogen-bond acceptors (Lipinski definition) is 0. The van der Waals surface area contributed by atoms with Crippen LogP contribution in [0.3, 0.4) is 0 Å². The molecule has 0 heterocycles. The zero-order valence-corrected chi connectivity index (χ0v) is 8.41. The molecule has 0 radical (unpaired) electrons. The van der Waals surface area contributed by atoms with Gasteiger partial charge < -0.3 is 0 Å². The van der Waals surface area contributed by atoms with Crippen LogP contribution in [0.1, 0.15) is 33.6 Å². The van der Waals surface area contributed by atoms with E-state index in [1.54, 1.807) is 0 Å². The molecule has 2 heteroatoms. The first-order chi connectivity index (χ1) is 4.54. The van der Waals surface area contributed by atoms with Crippen molar-refractivity contribution in [3.63, 3.8) is 0 Å². The molecular weight excluding hydrogens is 167 g/mol. The van der Waals surface area contributed by atoms with E-state index in [-0.39, 0.29) is 4.84 Å². The minimum atomic E-state index is -0.196. The predicted octanol–water partition coefficient (Wildman–Crippen LogP) is 3.86. The Hall–Kier alpha value is 0.580. The fourth-order valence-electron chi connectivity index (χ4n) is 0.722. The maximum absolute atomic E-state index is 5.68. The van der Waals surface area contributed by atoms with Crippen LogP contribution in [-0.4, -0.2) is 4.84 Å². The molecule has 1 unspecified atom stereocenters. The van der Waals surface area contributed by atoms with Crippen LogP contribution < -0.4 is 0 Å². The molecule has 0 bridgehead atoms. The monoisotopic (exact) mass is 182 g/mol. The summed E-state index contributed by atoms with van der Waals surface area (Å²) in [6, 6.07) is 0. The SMILES string of the molecule is CC(C)CCC(C)C(Cl)Cl. The minimum Gasteiger partial charge on any atom is -0.105 e. The van der Waals surface area contributed by atoms with Crippen molar-refractivity contribution >= 4 is 23.2 Å². The second-order valence-corrected chi connectivity index (χ2v) is 4.45. The van der Waals surface area contributed by atoms with Crippen molar-refractivity contribution < 1.29 is 0 Å². The van der Waals surface area contributed by atoms with Crippen molar-refractivity contribution in [3.05, 3.63) is 0 Å². The number of rotatable bonds is 4. The first-order valence-corrected chi connectivity index (χ1v) is 4.69. The summed E-state index contributed by atoms with van der Waals surface area (Å²) in [5.74, 6) is 1.19. The maximum Gasteiger partial charge on any atom is 0.110 e. The third-order valence-electron chi connectivity index (χ3n) is 1.63. The summed E-state index contributed by atoms with van der Waals surface area (Å²) in [6.45, 7) is 6.52. The predicted molar refractivity (Wildman–Crippen MR) is 48.7 cm³/mol. The lowest BCUT2D eigenvalue weighted by Crippen LogP contribution is -2.05. The van der Waals surface area contributed by atoms with E-state index in [0.717, 1.165) is 12.3 Å². The molecule has 0 saturated carbocycles. The highest BCUT2D eigenvalue weighted by Gasteiger charge is 2.10. The summed E-state index contributed by atoms with van der Waals surface area (Å²) in [4.78, 5) is -0.196. The number of halogens is 2. The lowest BCUT2D eigenvalue weighted by atomic mass is 10.0. The lowest BCUT2D eigenvalue weighted by Gasteiger charge is -2.12. The highest BCUT2D eigenvalue weighted by molar-refractivity contribution is 6.44. The summed E-state index contributed by atoms with van der Waals surface area (Å²) in [5.41, 5.74) is 0. The summed E-state index contributed by atoms with van der Waals surface area (Å²) < 4.78 is 0. The van der Waals surface area contributed by atoms with Crippen molar-refractivity contribution in [2.75, 3.05) is 0 Å². The Balaban J connectivity index is 3.30. The van der Waals surface area contributed by atoms with E-state index in [0.29, 0.717) is 5.92 Å². The zero-order chi connectivity index (χ0) is 8.15. The van der Waals surface area contributed by atoms with Crippen LogP contribution in [0.25, 0.3) is 0 Å². The Morgan fingerprint density at radius 3 is 1.80 bits per heavy atom. The molecule has 0 nitrogen and oxygen atoms in total. The largest absolute Gasteiger partial charge is 0.110 e. The standard InChI is InChI=1S/C8H16Cl2/c1-6(2)4-5-7(3)8(9)10/h6-8H,4-5H2,1-3H3. The first-order valence-electron chi connectivity index (χ1n) is 3.82. The Morgan fingerprint density at radius 1 is 1.00 bits per heavy atom. The molecule has 10 heavy (non-hydrogen) atoms. The van der Waals surface area contributed by atoms with Crippen molar-refractivity contribution in [3.8, 4) is 0 Å². The molecule has 1 atom stereocenters. The molecule has 0 saturated heterocycles. The van der Waals surface area contributed by atoms with Crippen LogP contribution in [0.4, 0.5) is 0 Å². The van der Waals surface area contributed by atoms with Crippen molar-refractivity contribution in [2.24, 2.45) is 11.8 Å².